The van der Waals surface area contributed by atoms with Gasteiger partial charge in [-0.15, -0.1) is 0 Å². The molecule has 12 rings (SSSR count). The van der Waals surface area contributed by atoms with Crippen molar-refractivity contribution >= 4 is 94.5 Å². The zero-order valence-electron chi connectivity index (χ0n) is 50.1. The summed E-state index contributed by atoms with van der Waals surface area (Å²) in [6, 6.07) is 85.5. The lowest BCUT2D eigenvalue weighted by Crippen LogP contribution is -2.29. The van der Waals surface area contributed by atoms with E-state index in [0.717, 1.165) is 34.1 Å². The second-order valence-electron chi connectivity index (χ2n) is 22.9. The fourth-order valence-corrected chi connectivity index (χ4v) is 14.2. The molecular weight excluding hydrogens is 1270 g/mol. The Kier molecular flexibility index (Phi) is 24.1. The van der Waals surface area contributed by atoms with Crippen molar-refractivity contribution in [2.75, 3.05) is 9.80 Å². The van der Waals surface area contributed by atoms with Crippen molar-refractivity contribution in [3.63, 3.8) is 0 Å². The van der Waals surface area contributed by atoms with Crippen LogP contribution in [0.25, 0.3) is 33.4 Å². The van der Waals surface area contributed by atoms with Gasteiger partial charge in [0.05, 0.1) is 0 Å². The van der Waals surface area contributed by atoms with Crippen LogP contribution in [0.3, 0.4) is 0 Å². The van der Waals surface area contributed by atoms with Gasteiger partial charge in [-0.2, -0.15) is 0 Å². The normalized spacial score (nSPS) is 12.5. The molecule has 0 unspecified atom stereocenters. The van der Waals surface area contributed by atoms with E-state index in [4.69, 9.17) is 0 Å². The first-order chi connectivity index (χ1) is 42.0. The number of rotatable bonds is 20. The van der Waals surface area contributed by atoms with Gasteiger partial charge in [0, 0.05) is 58.4 Å². The topological polar surface area (TPSA) is 46.9 Å². The van der Waals surface area contributed by atoms with Gasteiger partial charge in [0.25, 0.3) is 0 Å². The number of halogens is 3. The van der Waals surface area contributed by atoms with Crippen molar-refractivity contribution in [3.05, 3.63) is 278 Å². The summed E-state index contributed by atoms with van der Waals surface area (Å²) in [7, 11) is -1.45. The van der Waals surface area contributed by atoms with Crippen LogP contribution in [0.15, 0.2) is 256 Å². The minimum atomic E-state index is -1.45. The second kappa shape index (κ2) is 31.6. The van der Waals surface area contributed by atoms with E-state index in [1.165, 1.54) is 146 Å². The van der Waals surface area contributed by atoms with Gasteiger partial charge in [0.1, 0.15) is 0 Å². The highest BCUT2D eigenvalue weighted by Gasteiger charge is 2.44. The third-order valence-corrected chi connectivity index (χ3v) is 18.9. The molecule has 0 atom stereocenters. The number of fused-ring (bicyclic) bond motifs is 6. The van der Waals surface area contributed by atoms with Gasteiger partial charge >= 0.3 is 7.12 Å². The van der Waals surface area contributed by atoms with Gasteiger partial charge in [-0.05, 0) is 202 Å². The Morgan fingerprint density at radius 2 is 0.580 bits per heavy atom. The highest BCUT2D eigenvalue weighted by molar-refractivity contribution is 9.11. The molecular formula is C80H86BBr3N2O2. The molecule has 0 spiro atoms. The van der Waals surface area contributed by atoms with Gasteiger partial charge in [-0.1, -0.05) is 269 Å². The van der Waals surface area contributed by atoms with Crippen LogP contribution in [0.2, 0.25) is 0 Å². The van der Waals surface area contributed by atoms with Crippen LogP contribution < -0.4 is 15.3 Å². The maximum atomic E-state index is 9.23. The Balaban J connectivity index is 0.000000182. The summed E-state index contributed by atoms with van der Waals surface area (Å²) < 4.78 is 3.57. The van der Waals surface area contributed by atoms with Crippen LogP contribution in [0.1, 0.15) is 142 Å². The quantitative estimate of drug-likeness (QED) is 0.0747. The molecule has 0 radical (unpaired) electrons. The largest absolute Gasteiger partial charge is 0.488 e. The van der Waals surface area contributed by atoms with Crippen LogP contribution in [0.5, 0.6) is 0 Å². The number of para-hydroxylation sites is 4. The summed E-state index contributed by atoms with van der Waals surface area (Å²) in [4.78, 5) is 4.44. The van der Waals surface area contributed by atoms with E-state index in [-0.39, 0.29) is 25.7 Å². The Morgan fingerprint density at radius 3 is 0.875 bits per heavy atom. The smallest absolute Gasteiger partial charge is 0.423 e. The second-order valence-corrected chi connectivity index (χ2v) is 25.7. The minimum Gasteiger partial charge on any atom is -0.423 e. The molecule has 452 valence electrons. The molecule has 0 bridgehead atoms. The van der Waals surface area contributed by atoms with E-state index < -0.39 is 7.12 Å². The van der Waals surface area contributed by atoms with E-state index in [9.17, 15) is 10.0 Å². The predicted molar refractivity (Wildman–Crippen MR) is 391 cm³/mol. The molecule has 4 nitrogen and oxygen atoms in total. The lowest BCUT2D eigenvalue weighted by atomic mass is 9.70. The summed E-state index contributed by atoms with van der Waals surface area (Å²) in [5.74, 6) is 0. The fourth-order valence-electron chi connectivity index (χ4n) is 13.1. The predicted octanol–water partition coefficient (Wildman–Crippen LogP) is 24.2. The highest BCUT2D eigenvalue weighted by atomic mass is 79.9. The molecule has 8 heteroatoms. The van der Waals surface area contributed by atoms with E-state index >= 15 is 0 Å². The van der Waals surface area contributed by atoms with E-state index in [2.05, 4.69) is 243 Å². The van der Waals surface area contributed by atoms with E-state index in [1.54, 1.807) is 12.1 Å². The van der Waals surface area contributed by atoms with Crippen LogP contribution >= 0.6 is 47.8 Å². The van der Waals surface area contributed by atoms with Crippen molar-refractivity contribution in [1.29, 1.82) is 0 Å². The van der Waals surface area contributed by atoms with Crippen molar-refractivity contribution in [1.82, 2.24) is 0 Å². The molecule has 0 heterocycles. The van der Waals surface area contributed by atoms with Crippen LogP contribution in [0.4, 0.5) is 34.1 Å². The van der Waals surface area contributed by atoms with Gasteiger partial charge in [0.2, 0.25) is 0 Å². The summed E-state index contributed by atoms with van der Waals surface area (Å²) >= 11 is 11.2. The first kappa shape index (κ1) is 67.2. The van der Waals surface area contributed by atoms with Crippen LogP contribution in [-0.2, 0) is 10.8 Å². The highest BCUT2D eigenvalue weighted by Crippen LogP contribution is 2.57. The molecule has 0 saturated carbocycles. The van der Waals surface area contributed by atoms with Gasteiger partial charge in [-0.25, -0.2) is 0 Å². The number of anilines is 6. The molecule has 10 aromatic carbocycles. The molecule has 0 aromatic heterocycles. The maximum absolute atomic E-state index is 9.23. The molecule has 88 heavy (non-hydrogen) atoms. The summed E-state index contributed by atoms with van der Waals surface area (Å²) in [6.45, 7) is 9.23. The Hall–Kier alpha value is -6.78. The van der Waals surface area contributed by atoms with Crippen molar-refractivity contribution < 1.29 is 10.0 Å². The average Bonchev–Trinajstić information content (AvgIpc) is 1.60. The third-order valence-electron chi connectivity index (χ3n) is 17.4. The fraction of sp³-hybridized carbons (Fsp3) is 0.250. The van der Waals surface area contributed by atoms with Crippen molar-refractivity contribution in [2.24, 2.45) is 0 Å². The first-order valence-corrected chi connectivity index (χ1v) is 33.3. The molecule has 0 aliphatic heterocycles. The summed E-state index contributed by atoms with van der Waals surface area (Å²) in [6.07, 6.45) is 14.9. The number of hydrogen-bond donors (Lipinski definition) is 2. The molecule has 2 N–H and O–H groups in total. The van der Waals surface area contributed by atoms with Gasteiger partial charge in [0.15, 0.2) is 0 Å². The van der Waals surface area contributed by atoms with E-state index in [1.807, 2.05) is 72.8 Å². The molecule has 0 fully saturated rings. The van der Waals surface area contributed by atoms with Crippen molar-refractivity contribution in [2.45, 2.75) is 130 Å². The molecule has 10 aromatic rings. The minimum absolute atomic E-state index is 0. The van der Waals surface area contributed by atoms with Crippen molar-refractivity contribution in [3.8, 4) is 33.4 Å². The first-order valence-electron chi connectivity index (χ1n) is 30.9. The summed E-state index contributed by atoms with van der Waals surface area (Å²) in [5.41, 5.74) is 21.6. The zero-order valence-corrected chi connectivity index (χ0v) is 54.8. The maximum Gasteiger partial charge on any atom is 0.488 e. The standard InChI is InChI=1S/C39H38BrN.C21H24Br2.C18H16BNO2.2CH4/c1-3-5-25-39(26-6-4-2)37-27-30(19-23-35(37)36-24-20-31(40)28-38(36)39)29-17-21-34(22-18-29)41(32-13-9-7-10-14-32)33-15-11-8-12-16-33;1-3-5-11-21(12-6-4-2)19-13-15(22)7-9-17(19)18-10-8-16(23)14-20(18)21;21-19(22)15-11-13-18(14-12-15)20(16-7-3-1-4-8-16)17-9-5-2-6-10-17;;/h7-24,27-28H,3-6,25-26H2,1-2H3;7-10,13-14H,3-6,11-12H2,1-2H3;1-14,21-22H;2*1H4. The molecule has 2 aliphatic rings. The lowest BCUT2D eigenvalue weighted by Gasteiger charge is -2.33. The SMILES string of the molecule is C.C.CCCCC1(CCCC)c2cc(Br)ccc2-c2ccc(-c3ccc(N(c4ccccc4)c4ccccc4)cc3)cc21.CCCCC1(CCCC)c2cc(Br)ccc2-c2ccc(Br)cc21.OB(O)c1ccc(N(c2ccccc2)c2ccccc2)cc1. The zero-order chi connectivity index (χ0) is 60.0. The Morgan fingerprint density at radius 1 is 0.318 bits per heavy atom. The van der Waals surface area contributed by atoms with Crippen LogP contribution in [0, 0.1) is 0 Å². The number of nitrogens with zero attached hydrogens (tertiary/aromatic N) is 2. The molecule has 0 saturated heterocycles. The average molecular weight is 1360 g/mol. The third kappa shape index (κ3) is 14.8. The number of unbranched alkanes of at least 4 members (excludes halogenated alkanes) is 4. The number of hydrogen-bond acceptors (Lipinski definition) is 4. The monoisotopic (exact) mass is 1350 g/mol. The van der Waals surface area contributed by atoms with Gasteiger partial charge in [-0.3, -0.25) is 0 Å². The number of benzene rings is 10. The summed E-state index contributed by atoms with van der Waals surface area (Å²) in [5, 5.41) is 18.5. The van der Waals surface area contributed by atoms with Gasteiger partial charge < -0.3 is 19.8 Å². The van der Waals surface area contributed by atoms with E-state index in [0.29, 0.717) is 5.46 Å². The Bertz CT molecular complexity index is 3640. The van der Waals surface area contributed by atoms with Crippen LogP contribution in [-0.4, -0.2) is 17.2 Å². The molecule has 2 aliphatic carbocycles. The lowest BCUT2D eigenvalue weighted by molar-refractivity contribution is 0.414. The molecule has 0 amide bonds. The Labute approximate surface area is 552 Å².